The van der Waals surface area contributed by atoms with Crippen LogP contribution in [0.1, 0.15) is 12.5 Å². The molecule has 1 rings (SSSR count). The molecule has 0 spiro atoms. The molecule has 1 aromatic rings. The summed E-state index contributed by atoms with van der Waals surface area (Å²) in [5.74, 6) is -4.65. The average Bonchev–Trinajstić information content (AvgIpc) is 2.18. The molecule has 0 aliphatic rings. The van der Waals surface area contributed by atoms with Crippen molar-refractivity contribution in [2.45, 2.75) is 13.3 Å². The van der Waals surface area contributed by atoms with Gasteiger partial charge in [-0.3, -0.25) is 4.79 Å². The quantitative estimate of drug-likeness (QED) is 0.637. The van der Waals surface area contributed by atoms with E-state index in [2.05, 4.69) is 0 Å². The van der Waals surface area contributed by atoms with Crippen molar-refractivity contribution < 1.29 is 18.0 Å². The zero-order valence-electron chi connectivity index (χ0n) is 8.56. The monoisotopic (exact) mass is 229 g/mol. The van der Waals surface area contributed by atoms with E-state index in [1.165, 1.54) is 6.92 Å². The minimum Gasteiger partial charge on any atom is -0.402 e. The summed E-state index contributed by atoms with van der Waals surface area (Å²) in [6, 6.07) is 1.81. The molecule has 0 aliphatic heterocycles. The number of benzene rings is 1. The molecule has 0 bridgehead atoms. The predicted molar refractivity (Wildman–Crippen MR) is 53.0 cm³/mol. The summed E-state index contributed by atoms with van der Waals surface area (Å²) in [5.41, 5.74) is 5.33. The molecular weight excluding hydrogens is 219 g/mol. The number of allylic oxidation sites excluding steroid dienone is 2. The van der Waals surface area contributed by atoms with Gasteiger partial charge in [-0.15, -0.1) is 0 Å². The Balaban J connectivity index is 2.95. The first-order chi connectivity index (χ1) is 7.41. The summed E-state index contributed by atoms with van der Waals surface area (Å²) >= 11 is 0. The number of ketones is 1. The topological polar surface area (TPSA) is 43.1 Å². The zero-order valence-corrected chi connectivity index (χ0v) is 8.56. The highest BCUT2D eigenvalue weighted by molar-refractivity contribution is 5.91. The molecule has 0 saturated carbocycles. The van der Waals surface area contributed by atoms with Crippen LogP contribution in [0, 0.1) is 17.5 Å². The van der Waals surface area contributed by atoms with E-state index in [4.69, 9.17) is 5.73 Å². The Kier molecular flexibility index (Phi) is 3.71. The Hall–Kier alpha value is -1.78. The largest absolute Gasteiger partial charge is 0.402 e. The van der Waals surface area contributed by atoms with Gasteiger partial charge in [0, 0.05) is 12.1 Å². The first-order valence-corrected chi connectivity index (χ1v) is 4.50. The first kappa shape index (κ1) is 12.3. The molecule has 0 radical (unpaired) electrons. The number of nitrogens with two attached hydrogens (primary N) is 1. The third-order valence-electron chi connectivity index (χ3n) is 1.87. The van der Waals surface area contributed by atoms with E-state index in [0.29, 0.717) is 0 Å². The zero-order chi connectivity index (χ0) is 12.3. The van der Waals surface area contributed by atoms with Crippen LogP contribution in [0.5, 0.6) is 0 Å². The molecule has 0 unspecified atom stereocenters. The molecule has 2 nitrogen and oxygen atoms in total. The van der Waals surface area contributed by atoms with Crippen LogP contribution in [0.2, 0.25) is 0 Å². The van der Waals surface area contributed by atoms with Gasteiger partial charge in [0.1, 0.15) is 0 Å². The van der Waals surface area contributed by atoms with Gasteiger partial charge in [0.2, 0.25) is 0 Å². The van der Waals surface area contributed by atoms with Crippen molar-refractivity contribution in [3.63, 3.8) is 0 Å². The van der Waals surface area contributed by atoms with Crippen LogP contribution in [0.25, 0.3) is 0 Å². The maximum absolute atomic E-state index is 13.1. The molecule has 0 aliphatic carbocycles. The van der Waals surface area contributed by atoms with Crippen LogP contribution in [-0.4, -0.2) is 5.78 Å². The predicted octanol–water partition coefficient (Wildman–Crippen LogP) is 2.08. The number of carbonyl (C=O) groups excluding carboxylic acids is 1. The van der Waals surface area contributed by atoms with Crippen molar-refractivity contribution in [2.24, 2.45) is 5.73 Å². The standard InChI is InChI=1S/C11H10F3NO/c1-6(15)4-8(16)5-7-2-3-9(12)11(14)10(7)13/h2-4H,5,15H2,1H3/b6-4-. The highest BCUT2D eigenvalue weighted by atomic mass is 19.2. The van der Waals surface area contributed by atoms with E-state index in [1.54, 1.807) is 0 Å². The molecule has 86 valence electrons. The summed E-state index contributed by atoms with van der Waals surface area (Å²) in [6.45, 7) is 1.50. The van der Waals surface area contributed by atoms with Gasteiger partial charge in [0.05, 0.1) is 0 Å². The summed E-state index contributed by atoms with van der Waals surface area (Å²) < 4.78 is 38.5. The van der Waals surface area contributed by atoms with Crippen LogP contribution in [0.4, 0.5) is 13.2 Å². The van der Waals surface area contributed by atoms with E-state index in [9.17, 15) is 18.0 Å². The molecule has 2 N–H and O–H groups in total. The smallest absolute Gasteiger partial charge is 0.194 e. The van der Waals surface area contributed by atoms with Crippen molar-refractivity contribution in [3.05, 3.63) is 46.9 Å². The SMILES string of the molecule is C/C(N)=C/C(=O)Cc1ccc(F)c(F)c1F. The van der Waals surface area contributed by atoms with Crippen molar-refractivity contribution >= 4 is 5.78 Å². The molecule has 1 aromatic carbocycles. The minimum absolute atomic E-state index is 0.193. The fraction of sp³-hybridized carbons (Fsp3) is 0.182. The van der Waals surface area contributed by atoms with Crippen LogP contribution in [0.15, 0.2) is 23.9 Å². The van der Waals surface area contributed by atoms with Gasteiger partial charge >= 0.3 is 0 Å². The molecule has 0 atom stereocenters. The van der Waals surface area contributed by atoms with E-state index in [0.717, 1.165) is 18.2 Å². The molecular formula is C11H10F3NO. The van der Waals surface area contributed by atoms with Crippen molar-refractivity contribution in [1.82, 2.24) is 0 Å². The third kappa shape index (κ3) is 2.85. The second kappa shape index (κ2) is 4.83. The minimum atomic E-state index is -1.57. The van der Waals surface area contributed by atoms with E-state index < -0.39 is 23.2 Å². The number of halogens is 3. The molecule has 0 amide bonds. The van der Waals surface area contributed by atoms with E-state index >= 15 is 0 Å². The number of rotatable bonds is 3. The normalized spacial score (nSPS) is 11.6. The van der Waals surface area contributed by atoms with Crippen LogP contribution < -0.4 is 5.73 Å². The van der Waals surface area contributed by atoms with Gasteiger partial charge < -0.3 is 5.73 Å². The summed E-state index contributed by atoms with van der Waals surface area (Å²) in [6.07, 6.45) is 0.762. The number of hydrogen-bond acceptors (Lipinski definition) is 2. The average molecular weight is 229 g/mol. The fourth-order valence-electron chi connectivity index (χ4n) is 1.20. The highest BCUT2D eigenvalue weighted by Gasteiger charge is 2.14. The molecule has 0 aromatic heterocycles. The van der Waals surface area contributed by atoms with Gasteiger partial charge in [-0.25, -0.2) is 13.2 Å². The van der Waals surface area contributed by atoms with Gasteiger partial charge in [0.25, 0.3) is 0 Å². The maximum atomic E-state index is 13.1. The first-order valence-electron chi connectivity index (χ1n) is 4.50. The molecule has 0 saturated heterocycles. The summed E-state index contributed by atoms with van der Waals surface area (Å²) in [7, 11) is 0. The number of hydrogen-bond donors (Lipinski definition) is 1. The lowest BCUT2D eigenvalue weighted by Gasteiger charge is -2.02. The Bertz CT molecular complexity index is 451. The molecule has 16 heavy (non-hydrogen) atoms. The van der Waals surface area contributed by atoms with E-state index in [-0.39, 0.29) is 17.7 Å². The summed E-state index contributed by atoms with van der Waals surface area (Å²) in [4.78, 5) is 11.2. The molecule has 0 heterocycles. The Morgan fingerprint density at radius 1 is 1.31 bits per heavy atom. The second-order valence-electron chi connectivity index (χ2n) is 3.37. The Morgan fingerprint density at radius 2 is 1.94 bits per heavy atom. The third-order valence-corrected chi connectivity index (χ3v) is 1.87. The molecule has 0 fully saturated rings. The Labute approximate surface area is 90.6 Å². The lowest BCUT2D eigenvalue weighted by atomic mass is 10.1. The number of carbonyl (C=O) groups is 1. The lowest BCUT2D eigenvalue weighted by molar-refractivity contribution is -0.114. The van der Waals surface area contributed by atoms with Crippen molar-refractivity contribution in [3.8, 4) is 0 Å². The highest BCUT2D eigenvalue weighted by Crippen LogP contribution is 2.15. The van der Waals surface area contributed by atoms with Gasteiger partial charge in [-0.1, -0.05) is 6.07 Å². The van der Waals surface area contributed by atoms with Crippen LogP contribution >= 0.6 is 0 Å². The second-order valence-corrected chi connectivity index (χ2v) is 3.37. The maximum Gasteiger partial charge on any atom is 0.194 e. The molecule has 5 heteroatoms. The van der Waals surface area contributed by atoms with E-state index in [1.807, 2.05) is 0 Å². The van der Waals surface area contributed by atoms with Crippen LogP contribution in [0.3, 0.4) is 0 Å². The van der Waals surface area contributed by atoms with Crippen LogP contribution in [-0.2, 0) is 11.2 Å². The Morgan fingerprint density at radius 3 is 2.50 bits per heavy atom. The van der Waals surface area contributed by atoms with Crippen molar-refractivity contribution in [1.29, 1.82) is 0 Å². The lowest BCUT2D eigenvalue weighted by Crippen LogP contribution is -2.06. The van der Waals surface area contributed by atoms with Gasteiger partial charge in [0.15, 0.2) is 23.2 Å². The van der Waals surface area contributed by atoms with Crippen molar-refractivity contribution in [2.75, 3.05) is 0 Å². The van der Waals surface area contributed by atoms with Gasteiger partial charge in [-0.2, -0.15) is 0 Å². The summed E-state index contributed by atoms with van der Waals surface area (Å²) in [5, 5.41) is 0. The van der Waals surface area contributed by atoms with Gasteiger partial charge in [-0.05, 0) is 24.6 Å². The fourth-order valence-corrected chi connectivity index (χ4v) is 1.20.